The molecule has 0 aromatic carbocycles. The maximum absolute atomic E-state index is 10.3. The number of phosphoric acid groups is 2. The van der Waals surface area contributed by atoms with Crippen LogP contribution in [0.5, 0.6) is 0 Å². The Bertz CT molecular complexity index is 277. The van der Waals surface area contributed by atoms with Crippen molar-refractivity contribution in [1.82, 2.24) is 0 Å². The summed E-state index contributed by atoms with van der Waals surface area (Å²) in [6, 6.07) is 0. The fourth-order valence-electron chi connectivity index (χ4n) is 0.323. The highest BCUT2D eigenvalue weighted by Gasteiger charge is 2.20. The number of hydrogen-bond donors (Lipinski definition) is 1. The first-order chi connectivity index (χ1) is 5.41. The molecule has 0 aromatic heterocycles. The van der Waals surface area contributed by atoms with Gasteiger partial charge in [-0.1, -0.05) is 0 Å². The molecule has 0 radical (unpaired) electrons. The van der Waals surface area contributed by atoms with Gasteiger partial charge in [-0.15, -0.1) is 0 Å². The third-order valence-electron chi connectivity index (χ3n) is 0.451. The molecule has 0 aliphatic heterocycles. The van der Waals surface area contributed by atoms with Crippen molar-refractivity contribution in [3.63, 3.8) is 0 Å². The van der Waals surface area contributed by atoms with Gasteiger partial charge < -0.3 is 24.1 Å². The summed E-state index contributed by atoms with van der Waals surface area (Å²) in [7, 11) is -15.9. The van der Waals surface area contributed by atoms with E-state index in [1.807, 2.05) is 0 Å². The lowest BCUT2D eigenvalue weighted by atomic mass is 12.0. The first kappa shape index (κ1) is 13.4. The van der Waals surface area contributed by atoms with Crippen LogP contribution in [0.4, 0.5) is 0 Å². The summed E-state index contributed by atoms with van der Waals surface area (Å²) in [6.45, 7) is 0.383. The van der Waals surface area contributed by atoms with E-state index in [9.17, 15) is 28.4 Å². The molecule has 0 bridgehead atoms. The van der Waals surface area contributed by atoms with Crippen molar-refractivity contribution in [2.45, 2.75) is 0 Å². The molecule has 80 valence electrons. The Labute approximate surface area is 72.7 Å². The molecule has 3 unspecified atom stereocenters. The van der Waals surface area contributed by atoms with Crippen LogP contribution in [0.1, 0.15) is 0 Å². The molecule has 0 saturated carbocycles. The molecule has 0 heterocycles. The van der Waals surface area contributed by atoms with Gasteiger partial charge in [0.2, 0.25) is 0 Å². The summed E-state index contributed by atoms with van der Waals surface area (Å²) in [4.78, 5) is 38.3. The second-order valence-corrected chi connectivity index (χ2v) is 6.53. The van der Waals surface area contributed by atoms with Crippen LogP contribution in [0.25, 0.3) is 0 Å². The third-order valence-corrected chi connectivity index (χ3v) is 4.06. The third kappa shape index (κ3) is 8.77. The number of rotatable bonds is 4. The van der Waals surface area contributed by atoms with E-state index in [4.69, 9.17) is 4.89 Å². The Hall–Kier alpha value is 0.450. The molecule has 0 fully saturated rings. The molecule has 0 aromatic rings. The molecule has 0 aliphatic rings. The van der Waals surface area contributed by atoms with E-state index in [1.165, 1.54) is 0 Å². The van der Waals surface area contributed by atoms with E-state index in [2.05, 4.69) is 8.62 Å². The van der Waals surface area contributed by atoms with Gasteiger partial charge in [0.1, 0.15) is 7.60 Å². The molecule has 1 N–H and O–H groups in total. The predicted molar refractivity (Wildman–Crippen MR) is 33.1 cm³/mol. The second-order valence-electron chi connectivity index (χ2n) is 1.85. The maximum Gasteiger partial charge on any atom is 0.279 e. The van der Waals surface area contributed by atoms with Crippen molar-refractivity contribution in [1.29, 1.82) is 0 Å². The van der Waals surface area contributed by atoms with Gasteiger partial charge in [-0.25, -0.2) is 4.31 Å². The van der Waals surface area contributed by atoms with Gasteiger partial charge in [0, 0.05) is 6.66 Å². The molecule has 0 spiro atoms. The Morgan fingerprint density at radius 1 is 1.08 bits per heavy atom. The van der Waals surface area contributed by atoms with Crippen molar-refractivity contribution in [2.24, 2.45) is 0 Å². The molecule has 0 saturated heterocycles. The predicted octanol–water partition coefficient (Wildman–Crippen LogP) is -1.87. The van der Waals surface area contributed by atoms with Crippen molar-refractivity contribution < 1.29 is 41.9 Å². The summed E-state index contributed by atoms with van der Waals surface area (Å²) in [5.74, 6) is 0. The molecule has 3 atom stereocenters. The van der Waals surface area contributed by atoms with Gasteiger partial charge in [-0.2, -0.15) is 0 Å². The van der Waals surface area contributed by atoms with Gasteiger partial charge in [-0.05, 0) is 0 Å². The van der Waals surface area contributed by atoms with Gasteiger partial charge in [0.25, 0.3) is 15.6 Å². The monoisotopic (exact) mass is 253 g/mol. The Morgan fingerprint density at radius 2 is 1.46 bits per heavy atom. The minimum absolute atomic E-state index is 0.383. The lowest BCUT2D eigenvalue weighted by Crippen LogP contribution is -2.13. The average molecular weight is 253 g/mol. The topological polar surface area (TPSA) is 159 Å². The Kier molecular flexibility index (Phi) is 4.04. The normalized spacial score (nSPS) is 25.6. The van der Waals surface area contributed by atoms with Crippen LogP contribution in [-0.4, -0.2) is 11.6 Å². The summed E-state index contributed by atoms with van der Waals surface area (Å²) < 4.78 is 36.6. The fraction of sp³-hybridized carbons (Fsp3) is 1.00. The van der Waals surface area contributed by atoms with E-state index in [-0.39, 0.29) is 0 Å². The van der Waals surface area contributed by atoms with Crippen LogP contribution < -0.4 is 14.7 Å². The molecular formula is CH4O9P3-3. The number of hydrogen-bond acceptors (Lipinski definition) is 8. The maximum atomic E-state index is 10.3. The summed E-state index contributed by atoms with van der Waals surface area (Å²) in [6.07, 6.45) is 0. The highest BCUT2D eigenvalue weighted by Crippen LogP contribution is 2.59. The lowest BCUT2D eigenvalue weighted by molar-refractivity contribution is -0.241. The van der Waals surface area contributed by atoms with Crippen LogP contribution in [0, 0.1) is 0 Å². The molecular weight excluding hydrogens is 249 g/mol. The highest BCUT2D eigenvalue weighted by atomic mass is 31.3. The van der Waals surface area contributed by atoms with E-state index in [1.54, 1.807) is 0 Å². The minimum atomic E-state index is -5.59. The Morgan fingerprint density at radius 3 is 1.69 bits per heavy atom. The molecule has 13 heavy (non-hydrogen) atoms. The van der Waals surface area contributed by atoms with E-state index < -0.39 is 23.2 Å². The summed E-state index contributed by atoms with van der Waals surface area (Å²) in [5, 5.41) is 0. The van der Waals surface area contributed by atoms with E-state index in [0.29, 0.717) is 6.66 Å². The SMILES string of the molecule is CP(=O)([O-])OP(=O)([O-])OP(=O)([O-])O. The highest BCUT2D eigenvalue weighted by molar-refractivity contribution is 7.66. The molecule has 0 aliphatic carbocycles. The standard InChI is InChI=1S/CH7O9P3/c1-11(2,3)9-13(7,8)10-12(4,5)6/h1H3,(H,2,3)(H,7,8)(H2,4,5,6)/p-3. The lowest BCUT2D eigenvalue weighted by Gasteiger charge is -2.31. The van der Waals surface area contributed by atoms with Crippen LogP contribution in [0.2, 0.25) is 0 Å². The van der Waals surface area contributed by atoms with Crippen LogP contribution >= 0.6 is 23.2 Å². The fourth-order valence-corrected chi connectivity index (χ4v) is 3.17. The molecule has 0 rings (SSSR count). The summed E-state index contributed by atoms with van der Waals surface area (Å²) >= 11 is 0. The summed E-state index contributed by atoms with van der Waals surface area (Å²) in [5.41, 5.74) is 0. The Balaban J connectivity index is 4.54. The average Bonchev–Trinajstić information content (AvgIpc) is 1.43. The van der Waals surface area contributed by atoms with E-state index in [0.717, 1.165) is 0 Å². The van der Waals surface area contributed by atoms with Gasteiger partial charge in [0.05, 0.1) is 0 Å². The second kappa shape index (κ2) is 3.90. The van der Waals surface area contributed by atoms with Gasteiger partial charge >= 0.3 is 0 Å². The minimum Gasteiger partial charge on any atom is -0.778 e. The van der Waals surface area contributed by atoms with Crippen molar-refractivity contribution in [3.8, 4) is 0 Å². The van der Waals surface area contributed by atoms with Gasteiger partial charge in [-0.3, -0.25) is 13.4 Å². The smallest absolute Gasteiger partial charge is 0.279 e. The van der Waals surface area contributed by atoms with Crippen LogP contribution in [-0.2, 0) is 22.3 Å². The molecule has 12 heteroatoms. The van der Waals surface area contributed by atoms with Crippen molar-refractivity contribution >= 4 is 23.2 Å². The zero-order valence-corrected chi connectivity index (χ0v) is 8.74. The van der Waals surface area contributed by atoms with Crippen LogP contribution in [0.3, 0.4) is 0 Å². The largest absolute Gasteiger partial charge is 0.778 e. The molecule has 9 nitrogen and oxygen atoms in total. The molecule has 0 amide bonds. The zero-order chi connectivity index (χ0) is 10.9. The van der Waals surface area contributed by atoms with Crippen molar-refractivity contribution in [3.05, 3.63) is 0 Å². The van der Waals surface area contributed by atoms with Crippen LogP contribution in [0.15, 0.2) is 0 Å². The van der Waals surface area contributed by atoms with E-state index >= 15 is 0 Å². The quantitative estimate of drug-likeness (QED) is 0.566. The van der Waals surface area contributed by atoms with Crippen molar-refractivity contribution in [2.75, 3.05) is 6.66 Å². The van der Waals surface area contributed by atoms with Gasteiger partial charge in [0.15, 0.2) is 0 Å². The first-order valence-corrected chi connectivity index (χ1v) is 7.42. The first-order valence-electron chi connectivity index (χ1n) is 2.47. The zero-order valence-electron chi connectivity index (χ0n) is 6.05.